The van der Waals surface area contributed by atoms with Gasteiger partial charge in [0.15, 0.2) is 10.8 Å². The topological polar surface area (TPSA) is 127 Å². The molecule has 0 spiro atoms. The highest BCUT2D eigenvalue weighted by Gasteiger charge is 2.19. The van der Waals surface area contributed by atoms with Crippen molar-refractivity contribution < 1.29 is 4.79 Å². The Morgan fingerprint density at radius 2 is 2.33 bits per heavy atom. The summed E-state index contributed by atoms with van der Waals surface area (Å²) in [5.74, 6) is -0.419. The Morgan fingerprint density at radius 3 is 3.05 bits per heavy atom. The van der Waals surface area contributed by atoms with E-state index in [0.717, 1.165) is 0 Å². The summed E-state index contributed by atoms with van der Waals surface area (Å²) in [5.41, 5.74) is 7.31. The number of imidazole rings is 1. The van der Waals surface area contributed by atoms with Gasteiger partial charge in [0.25, 0.3) is 0 Å². The Hall–Kier alpha value is -2.52. The Labute approximate surface area is 123 Å². The minimum Gasteiger partial charge on any atom is -0.341 e. The number of nitrogens with two attached hydrogens (primary N) is 1. The van der Waals surface area contributed by atoms with Crippen molar-refractivity contribution in [2.24, 2.45) is 12.8 Å². The van der Waals surface area contributed by atoms with Crippen molar-refractivity contribution in [3.05, 3.63) is 29.4 Å². The Bertz CT molecular complexity index is 810. The largest absolute Gasteiger partial charge is 0.341 e. The number of rotatable bonds is 3. The molecule has 0 saturated heterocycles. The number of hydrogen-bond donors (Lipinski definition) is 3. The molecular formula is C11H11ClN8O. The number of aryl methyl sites for hydroxylation is 1. The average molecular weight is 307 g/mol. The predicted octanol–water partition coefficient (Wildman–Crippen LogP) is 0.378. The third-order valence-electron chi connectivity index (χ3n) is 2.84. The van der Waals surface area contributed by atoms with Crippen LogP contribution in [0, 0.1) is 0 Å². The fourth-order valence-electron chi connectivity index (χ4n) is 1.79. The molecule has 0 radical (unpaired) electrons. The molecule has 21 heavy (non-hydrogen) atoms. The molecule has 3 aromatic rings. The first-order valence-electron chi connectivity index (χ1n) is 5.96. The first-order chi connectivity index (χ1) is 10.0. The molecule has 0 bridgehead atoms. The summed E-state index contributed by atoms with van der Waals surface area (Å²) in [7, 11) is 1.74. The summed E-state index contributed by atoms with van der Waals surface area (Å²) >= 11 is 5.97. The molecule has 3 aromatic heterocycles. The quantitative estimate of drug-likeness (QED) is 0.600. The second-order valence-corrected chi connectivity index (χ2v) is 4.71. The average Bonchev–Trinajstić information content (AvgIpc) is 3.06. The van der Waals surface area contributed by atoms with Crippen LogP contribution >= 0.6 is 11.6 Å². The van der Waals surface area contributed by atoms with Gasteiger partial charge >= 0.3 is 0 Å². The van der Waals surface area contributed by atoms with Crippen molar-refractivity contribution in [2.45, 2.75) is 6.04 Å². The van der Waals surface area contributed by atoms with E-state index in [9.17, 15) is 4.79 Å². The highest BCUT2D eigenvalue weighted by Crippen LogP contribution is 2.19. The standard InChI is InChI=1S/C11H11ClN8O/c1-20-3-5(2-16-20)6(13)10(21)19-11-17-8(12)7-9(18-11)15-4-14-7/h2-4,6H,13H2,1H3,(H2,14,15,17,18,19,21). The van der Waals surface area contributed by atoms with Gasteiger partial charge in [0.2, 0.25) is 11.9 Å². The van der Waals surface area contributed by atoms with E-state index in [-0.39, 0.29) is 11.1 Å². The molecule has 1 amide bonds. The fourth-order valence-corrected chi connectivity index (χ4v) is 2.01. The molecule has 0 aliphatic heterocycles. The van der Waals surface area contributed by atoms with Crippen molar-refractivity contribution in [3.63, 3.8) is 0 Å². The molecule has 0 aromatic carbocycles. The molecule has 108 valence electrons. The van der Waals surface area contributed by atoms with Crippen LogP contribution in [-0.2, 0) is 11.8 Å². The fraction of sp³-hybridized carbons (Fsp3) is 0.182. The maximum absolute atomic E-state index is 12.1. The molecule has 3 rings (SSSR count). The highest BCUT2D eigenvalue weighted by molar-refractivity contribution is 6.33. The van der Waals surface area contributed by atoms with Crippen LogP contribution in [0.4, 0.5) is 5.95 Å². The summed E-state index contributed by atoms with van der Waals surface area (Å²) in [4.78, 5) is 26.9. The lowest BCUT2D eigenvalue weighted by Gasteiger charge is -2.09. The number of halogens is 1. The summed E-state index contributed by atoms with van der Waals surface area (Å²) in [6, 6.07) is -0.879. The Balaban J connectivity index is 1.82. The van der Waals surface area contributed by atoms with E-state index in [1.54, 1.807) is 17.9 Å². The SMILES string of the molecule is Cn1cc(C(N)C(=O)Nc2nc(Cl)c3[nH]cnc3n2)cn1. The smallest absolute Gasteiger partial charge is 0.248 e. The lowest BCUT2D eigenvalue weighted by molar-refractivity contribution is -0.117. The molecule has 4 N–H and O–H groups in total. The van der Waals surface area contributed by atoms with E-state index in [0.29, 0.717) is 16.7 Å². The first kappa shape index (κ1) is 13.5. The number of nitrogens with zero attached hydrogens (tertiary/aromatic N) is 5. The zero-order chi connectivity index (χ0) is 15.0. The minimum absolute atomic E-state index is 0.0453. The van der Waals surface area contributed by atoms with Crippen molar-refractivity contribution in [3.8, 4) is 0 Å². The summed E-state index contributed by atoms with van der Waals surface area (Å²) in [6.45, 7) is 0. The number of amides is 1. The van der Waals surface area contributed by atoms with Crippen LogP contribution in [0.2, 0.25) is 5.15 Å². The van der Waals surface area contributed by atoms with Crippen molar-refractivity contribution in [2.75, 3.05) is 5.32 Å². The molecule has 1 atom stereocenters. The molecule has 9 nitrogen and oxygen atoms in total. The number of carbonyl (C=O) groups excluding carboxylic acids is 1. The van der Waals surface area contributed by atoms with Gasteiger partial charge in [0.05, 0.1) is 12.5 Å². The van der Waals surface area contributed by atoms with E-state index >= 15 is 0 Å². The van der Waals surface area contributed by atoms with Crippen LogP contribution < -0.4 is 11.1 Å². The molecule has 0 fully saturated rings. The Morgan fingerprint density at radius 1 is 1.52 bits per heavy atom. The molecule has 0 aliphatic carbocycles. The maximum Gasteiger partial charge on any atom is 0.248 e. The zero-order valence-electron chi connectivity index (χ0n) is 10.9. The summed E-state index contributed by atoms with van der Waals surface area (Å²) < 4.78 is 1.56. The first-order valence-corrected chi connectivity index (χ1v) is 6.34. The van der Waals surface area contributed by atoms with E-state index in [4.69, 9.17) is 17.3 Å². The maximum atomic E-state index is 12.1. The number of carbonyl (C=O) groups is 1. The van der Waals surface area contributed by atoms with E-state index in [1.165, 1.54) is 12.5 Å². The molecule has 10 heteroatoms. The van der Waals surface area contributed by atoms with Crippen LogP contribution in [0.1, 0.15) is 11.6 Å². The monoisotopic (exact) mass is 306 g/mol. The Kier molecular flexibility index (Phi) is 3.28. The summed E-state index contributed by atoms with van der Waals surface area (Å²) in [6.07, 6.45) is 4.63. The van der Waals surface area contributed by atoms with Gasteiger partial charge in [-0.1, -0.05) is 11.6 Å². The van der Waals surface area contributed by atoms with E-state index in [2.05, 4.69) is 30.4 Å². The van der Waals surface area contributed by atoms with Crippen molar-refractivity contribution in [1.82, 2.24) is 29.7 Å². The lowest BCUT2D eigenvalue weighted by Crippen LogP contribution is -2.28. The highest BCUT2D eigenvalue weighted by atomic mass is 35.5. The van der Waals surface area contributed by atoms with Crippen LogP contribution in [0.15, 0.2) is 18.7 Å². The minimum atomic E-state index is -0.879. The number of aromatic nitrogens is 6. The third kappa shape index (κ3) is 2.56. The van der Waals surface area contributed by atoms with Crippen LogP contribution in [-0.4, -0.2) is 35.6 Å². The van der Waals surface area contributed by atoms with Crippen LogP contribution in [0.3, 0.4) is 0 Å². The number of nitrogens with one attached hydrogen (secondary N) is 2. The molecule has 3 heterocycles. The second-order valence-electron chi connectivity index (χ2n) is 4.35. The molecule has 0 aliphatic rings. The van der Waals surface area contributed by atoms with Gasteiger partial charge in [0, 0.05) is 18.8 Å². The summed E-state index contributed by atoms with van der Waals surface area (Å²) in [5, 5.41) is 6.65. The van der Waals surface area contributed by atoms with Gasteiger partial charge in [-0.15, -0.1) is 0 Å². The van der Waals surface area contributed by atoms with E-state index < -0.39 is 11.9 Å². The normalized spacial score (nSPS) is 12.5. The van der Waals surface area contributed by atoms with Crippen molar-refractivity contribution >= 4 is 34.6 Å². The number of aromatic amines is 1. The van der Waals surface area contributed by atoms with Gasteiger partial charge < -0.3 is 10.7 Å². The lowest BCUT2D eigenvalue weighted by atomic mass is 10.1. The zero-order valence-corrected chi connectivity index (χ0v) is 11.7. The van der Waals surface area contributed by atoms with Gasteiger partial charge in [-0.25, -0.2) is 4.98 Å². The number of hydrogen-bond acceptors (Lipinski definition) is 6. The third-order valence-corrected chi connectivity index (χ3v) is 3.12. The van der Waals surface area contributed by atoms with Gasteiger partial charge in [-0.2, -0.15) is 15.1 Å². The second kappa shape index (κ2) is 5.11. The van der Waals surface area contributed by atoms with E-state index in [1.807, 2.05) is 0 Å². The van der Waals surface area contributed by atoms with Gasteiger partial charge in [-0.05, 0) is 0 Å². The number of anilines is 1. The molecule has 1 unspecified atom stereocenters. The predicted molar refractivity (Wildman–Crippen MR) is 75.5 cm³/mol. The van der Waals surface area contributed by atoms with Crippen molar-refractivity contribution in [1.29, 1.82) is 0 Å². The van der Waals surface area contributed by atoms with Crippen LogP contribution in [0.25, 0.3) is 11.2 Å². The number of fused-ring (bicyclic) bond motifs is 1. The van der Waals surface area contributed by atoms with Gasteiger partial charge in [0.1, 0.15) is 11.6 Å². The number of H-pyrrole nitrogens is 1. The van der Waals surface area contributed by atoms with Crippen LogP contribution in [0.5, 0.6) is 0 Å². The molecule has 0 saturated carbocycles. The molecular weight excluding hydrogens is 296 g/mol. The van der Waals surface area contributed by atoms with Gasteiger partial charge in [-0.3, -0.25) is 14.8 Å².